The number of nitriles is 1. The van der Waals surface area contributed by atoms with E-state index in [1.54, 1.807) is 18.6 Å². The van der Waals surface area contributed by atoms with Crippen molar-refractivity contribution in [3.8, 4) is 17.3 Å². The van der Waals surface area contributed by atoms with Crippen molar-refractivity contribution in [3.05, 3.63) is 24.7 Å². The van der Waals surface area contributed by atoms with Crippen LogP contribution in [-0.4, -0.2) is 64.8 Å². The number of H-pyrrole nitrogens is 1. The molecule has 5 rings (SSSR count). The van der Waals surface area contributed by atoms with Gasteiger partial charge in [0, 0.05) is 30.9 Å². The van der Waals surface area contributed by atoms with Crippen LogP contribution in [0.3, 0.4) is 0 Å². The molecule has 1 unspecified atom stereocenters. The maximum Gasteiger partial charge on any atom is 0.233 e. The van der Waals surface area contributed by atoms with E-state index in [4.69, 9.17) is 4.98 Å². The summed E-state index contributed by atoms with van der Waals surface area (Å²) in [5.41, 5.74) is 2.34. The molecular formula is C23H29N9O2S. The third-order valence-electron chi connectivity index (χ3n) is 6.72. The van der Waals surface area contributed by atoms with Gasteiger partial charge in [0.15, 0.2) is 11.5 Å². The fourth-order valence-electron chi connectivity index (χ4n) is 4.93. The van der Waals surface area contributed by atoms with Crippen LogP contribution in [0, 0.1) is 17.2 Å². The highest BCUT2D eigenvalue weighted by Gasteiger charge is 2.33. The third-order valence-corrected chi connectivity index (χ3v) is 7.90. The fourth-order valence-corrected chi connectivity index (χ4v) is 6.11. The normalized spacial score (nSPS) is 23.0. The number of aromatic amines is 1. The summed E-state index contributed by atoms with van der Waals surface area (Å²) < 4.78 is 27.6. The molecule has 3 N–H and O–H groups in total. The van der Waals surface area contributed by atoms with Crippen molar-refractivity contribution in [2.75, 3.05) is 29.0 Å². The topological polar surface area (TPSA) is 153 Å². The van der Waals surface area contributed by atoms with E-state index in [2.05, 4.69) is 36.6 Å². The van der Waals surface area contributed by atoms with E-state index in [1.165, 1.54) is 10.6 Å². The van der Waals surface area contributed by atoms with E-state index in [-0.39, 0.29) is 18.0 Å². The first-order chi connectivity index (χ1) is 16.9. The molecule has 0 amide bonds. The number of anilines is 2. The summed E-state index contributed by atoms with van der Waals surface area (Å²) in [4.78, 5) is 21.4. The Morgan fingerprint density at radius 3 is 2.69 bits per heavy atom. The van der Waals surface area contributed by atoms with Crippen molar-refractivity contribution >= 4 is 33.0 Å². The third kappa shape index (κ3) is 5.06. The smallest absolute Gasteiger partial charge is 0.233 e. The number of hydrogen-bond acceptors (Lipinski definition) is 9. The highest BCUT2D eigenvalue weighted by Crippen LogP contribution is 2.34. The molecule has 3 aromatic rings. The summed E-state index contributed by atoms with van der Waals surface area (Å²) in [5.74, 6) is 0.763. The first kappa shape index (κ1) is 23.4. The molecule has 3 aromatic heterocycles. The highest BCUT2D eigenvalue weighted by atomic mass is 32.2. The van der Waals surface area contributed by atoms with Crippen LogP contribution in [0.4, 0.5) is 11.8 Å². The van der Waals surface area contributed by atoms with Gasteiger partial charge in [-0.15, -0.1) is 0 Å². The van der Waals surface area contributed by atoms with Gasteiger partial charge in [-0.25, -0.2) is 27.7 Å². The number of aromatic nitrogens is 5. The predicted molar refractivity (Wildman–Crippen MR) is 133 cm³/mol. The Morgan fingerprint density at radius 1 is 1.14 bits per heavy atom. The lowest BCUT2D eigenvalue weighted by Crippen LogP contribution is -2.49. The number of hydrogen-bond donors (Lipinski definition) is 3. The summed E-state index contributed by atoms with van der Waals surface area (Å²) in [5, 5.41) is 15.9. The average Bonchev–Trinajstić information content (AvgIpc) is 3.33. The van der Waals surface area contributed by atoms with Gasteiger partial charge in [-0.05, 0) is 51.1 Å². The number of fused-ring (bicyclic) bond motifs is 1. The summed E-state index contributed by atoms with van der Waals surface area (Å²) in [6.45, 7) is 1.40. The SMILES string of the molecule is CS(=O)(=O)N(c1nc(NC2CCC(C#N)CC2)ncc1-c1cnc2[nH]ccc2n1)C1CCCNC1. The number of nitrogens with one attached hydrogen (secondary N) is 3. The van der Waals surface area contributed by atoms with Gasteiger partial charge < -0.3 is 15.6 Å². The van der Waals surface area contributed by atoms with Crippen molar-refractivity contribution in [1.82, 2.24) is 30.2 Å². The Labute approximate surface area is 204 Å². The van der Waals surface area contributed by atoms with E-state index in [9.17, 15) is 13.7 Å². The predicted octanol–water partition coefficient (Wildman–Crippen LogP) is 2.43. The van der Waals surface area contributed by atoms with Gasteiger partial charge in [-0.1, -0.05) is 0 Å². The Morgan fingerprint density at radius 2 is 1.97 bits per heavy atom. The van der Waals surface area contributed by atoms with Gasteiger partial charge in [0.25, 0.3) is 0 Å². The van der Waals surface area contributed by atoms with Crippen LogP contribution in [0.1, 0.15) is 38.5 Å². The van der Waals surface area contributed by atoms with E-state index in [1.807, 2.05) is 6.07 Å². The van der Waals surface area contributed by atoms with Crippen molar-refractivity contribution in [3.63, 3.8) is 0 Å². The fraction of sp³-hybridized carbons (Fsp3) is 0.522. The van der Waals surface area contributed by atoms with Crippen molar-refractivity contribution in [2.24, 2.45) is 5.92 Å². The molecule has 1 atom stereocenters. The van der Waals surface area contributed by atoms with Gasteiger partial charge in [-0.2, -0.15) is 10.2 Å². The van der Waals surface area contributed by atoms with Crippen molar-refractivity contribution in [2.45, 2.75) is 50.6 Å². The first-order valence-electron chi connectivity index (χ1n) is 12.0. The molecule has 35 heavy (non-hydrogen) atoms. The minimum absolute atomic E-state index is 0.0911. The van der Waals surface area contributed by atoms with Crippen LogP contribution in [0.2, 0.25) is 0 Å². The van der Waals surface area contributed by atoms with E-state index < -0.39 is 10.0 Å². The Hall–Kier alpha value is -3.30. The van der Waals surface area contributed by atoms with Crippen LogP contribution in [0.25, 0.3) is 22.4 Å². The number of rotatable bonds is 6. The largest absolute Gasteiger partial charge is 0.351 e. The summed E-state index contributed by atoms with van der Waals surface area (Å²) in [7, 11) is -3.66. The minimum atomic E-state index is -3.66. The van der Waals surface area contributed by atoms with Crippen LogP contribution in [-0.2, 0) is 10.0 Å². The maximum absolute atomic E-state index is 13.1. The van der Waals surface area contributed by atoms with Crippen LogP contribution < -0.4 is 14.9 Å². The van der Waals surface area contributed by atoms with Gasteiger partial charge in [-0.3, -0.25) is 0 Å². The second kappa shape index (κ2) is 9.75. The molecule has 1 saturated carbocycles. The van der Waals surface area contributed by atoms with Crippen molar-refractivity contribution < 1.29 is 8.42 Å². The molecule has 1 saturated heterocycles. The molecule has 1 aliphatic heterocycles. The summed E-state index contributed by atoms with van der Waals surface area (Å²) in [6.07, 6.45) is 11.2. The molecule has 12 heteroatoms. The molecule has 2 aliphatic rings. The minimum Gasteiger partial charge on any atom is -0.351 e. The van der Waals surface area contributed by atoms with Crippen LogP contribution in [0.15, 0.2) is 24.7 Å². The quantitative estimate of drug-likeness (QED) is 0.468. The molecule has 4 heterocycles. The van der Waals surface area contributed by atoms with E-state index in [0.29, 0.717) is 40.7 Å². The zero-order valence-corrected chi connectivity index (χ0v) is 20.4. The van der Waals surface area contributed by atoms with Crippen molar-refractivity contribution in [1.29, 1.82) is 5.26 Å². The lowest BCUT2D eigenvalue weighted by Gasteiger charge is -2.34. The van der Waals surface area contributed by atoms with Crippen LogP contribution >= 0.6 is 0 Å². The summed E-state index contributed by atoms with van der Waals surface area (Å²) in [6, 6.07) is 4.04. The van der Waals surface area contributed by atoms with Gasteiger partial charge in [0.1, 0.15) is 5.52 Å². The molecule has 0 aromatic carbocycles. The number of piperidine rings is 1. The standard InChI is InChI=1S/C23H29N9O2S/c1-35(33,34)32(17-3-2-9-25-12-17)22-18(20-14-27-21-19(30-20)8-10-26-21)13-28-23(31-22)29-16-6-4-15(11-24)5-7-16/h8,10,13-17,25H,2-7,9,12H2,1H3,(H,26,27)(H,28,29,31). The molecule has 2 fully saturated rings. The average molecular weight is 496 g/mol. The molecule has 0 bridgehead atoms. The second-order valence-electron chi connectivity index (χ2n) is 9.28. The molecule has 1 aliphatic carbocycles. The zero-order chi connectivity index (χ0) is 24.4. The lowest BCUT2D eigenvalue weighted by atomic mass is 9.87. The van der Waals surface area contributed by atoms with E-state index in [0.717, 1.165) is 45.1 Å². The monoisotopic (exact) mass is 495 g/mol. The number of nitrogens with zero attached hydrogens (tertiary/aromatic N) is 6. The Kier molecular flexibility index (Phi) is 6.53. The van der Waals surface area contributed by atoms with Crippen LogP contribution in [0.5, 0.6) is 0 Å². The Balaban J connectivity index is 1.56. The summed E-state index contributed by atoms with van der Waals surface area (Å²) >= 11 is 0. The molecular weight excluding hydrogens is 466 g/mol. The number of sulfonamides is 1. The van der Waals surface area contributed by atoms with Gasteiger partial charge in [0.2, 0.25) is 16.0 Å². The second-order valence-corrected chi connectivity index (χ2v) is 11.1. The van der Waals surface area contributed by atoms with Gasteiger partial charge >= 0.3 is 0 Å². The highest BCUT2D eigenvalue weighted by molar-refractivity contribution is 7.92. The molecule has 0 radical (unpaired) electrons. The molecule has 0 spiro atoms. The Bertz CT molecular complexity index is 1340. The lowest BCUT2D eigenvalue weighted by molar-refractivity contribution is 0.396. The van der Waals surface area contributed by atoms with E-state index >= 15 is 0 Å². The first-order valence-corrected chi connectivity index (χ1v) is 13.8. The zero-order valence-electron chi connectivity index (χ0n) is 19.6. The molecule has 184 valence electrons. The maximum atomic E-state index is 13.1. The molecule has 11 nitrogen and oxygen atoms in total. The van der Waals surface area contributed by atoms with Gasteiger partial charge in [0.05, 0.1) is 35.8 Å².